The fraction of sp³-hybridized carbons (Fsp3) is 0.357. The number of hydrogen-bond acceptors (Lipinski definition) is 3. The molecule has 0 radical (unpaired) electrons. The Morgan fingerprint density at radius 3 is 2.83 bits per heavy atom. The first-order valence-corrected chi connectivity index (χ1v) is 7.62. The third-order valence-electron chi connectivity index (χ3n) is 2.64. The van der Waals surface area contributed by atoms with Gasteiger partial charge in [0.2, 0.25) is 0 Å². The van der Waals surface area contributed by atoms with Crippen LogP contribution >= 0.6 is 27.3 Å². The molecule has 2 rings (SSSR count). The summed E-state index contributed by atoms with van der Waals surface area (Å²) in [7, 11) is 0. The van der Waals surface area contributed by atoms with Crippen molar-refractivity contribution in [1.82, 2.24) is 10.3 Å². The second-order valence-electron chi connectivity index (χ2n) is 4.63. The van der Waals surface area contributed by atoms with Crippen LogP contribution in [0.1, 0.15) is 24.3 Å². The number of aryl methyl sites for hydroxylation is 1. The predicted molar refractivity (Wildman–Crippen MR) is 82.0 cm³/mol. The van der Waals surface area contributed by atoms with Crippen LogP contribution in [0, 0.1) is 6.92 Å². The summed E-state index contributed by atoms with van der Waals surface area (Å²) in [5.41, 5.74) is 2.43. The molecule has 0 fully saturated rings. The van der Waals surface area contributed by atoms with Gasteiger partial charge in [-0.25, -0.2) is 4.98 Å². The number of hydrogen-bond donors (Lipinski definition) is 1. The molecule has 0 aliphatic carbocycles. The molecule has 1 aromatic heterocycles. The zero-order valence-electron chi connectivity index (χ0n) is 10.8. The average molecular weight is 325 g/mol. The first-order valence-electron chi connectivity index (χ1n) is 6.01. The highest BCUT2D eigenvalue weighted by Gasteiger charge is 2.06. The van der Waals surface area contributed by atoms with E-state index in [0.29, 0.717) is 6.04 Å². The summed E-state index contributed by atoms with van der Waals surface area (Å²) in [6, 6.07) is 6.86. The molecule has 4 heteroatoms. The second-order valence-corrected chi connectivity index (χ2v) is 6.60. The molecule has 0 amide bonds. The lowest BCUT2D eigenvalue weighted by Gasteiger charge is -2.04. The Balaban J connectivity index is 2.16. The van der Waals surface area contributed by atoms with E-state index in [1.807, 2.05) is 6.20 Å². The van der Waals surface area contributed by atoms with Gasteiger partial charge in [0.15, 0.2) is 0 Å². The molecule has 0 aliphatic rings. The fourth-order valence-corrected chi connectivity index (χ4v) is 2.71. The van der Waals surface area contributed by atoms with Crippen molar-refractivity contribution in [2.75, 3.05) is 0 Å². The largest absolute Gasteiger partial charge is 0.310 e. The Morgan fingerprint density at radius 2 is 2.17 bits per heavy atom. The molecule has 0 spiro atoms. The predicted octanol–water partition coefficient (Wildman–Crippen LogP) is 4.38. The van der Waals surface area contributed by atoms with Gasteiger partial charge in [0, 0.05) is 33.7 Å². The van der Waals surface area contributed by atoms with Crippen LogP contribution in [-0.2, 0) is 6.54 Å². The van der Waals surface area contributed by atoms with Gasteiger partial charge in [-0.3, -0.25) is 0 Å². The lowest BCUT2D eigenvalue weighted by molar-refractivity contribution is 0.593. The van der Waals surface area contributed by atoms with E-state index in [4.69, 9.17) is 0 Å². The molecule has 18 heavy (non-hydrogen) atoms. The molecule has 0 bridgehead atoms. The van der Waals surface area contributed by atoms with Gasteiger partial charge in [0.1, 0.15) is 5.01 Å². The molecule has 1 aromatic carbocycles. The van der Waals surface area contributed by atoms with E-state index in [-0.39, 0.29) is 0 Å². The minimum Gasteiger partial charge on any atom is -0.310 e. The topological polar surface area (TPSA) is 24.9 Å². The van der Waals surface area contributed by atoms with E-state index in [1.165, 1.54) is 16.0 Å². The number of rotatable bonds is 4. The van der Waals surface area contributed by atoms with Crippen molar-refractivity contribution in [1.29, 1.82) is 0 Å². The number of nitrogens with one attached hydrogen (secondary N) is 1. The minimum absolute atomic E-state index is 0.505. The summed E-state index contributed by atoms with van der Waals surface area (Å²) in [4.78, 5) is 5.78. The molecular weight excluding hydrogens is 308 g/mol. The van der Waals surface area contributed by atoms with Crippen LogP contribution in [0.25, 0.3) is 10.6 Å². The number of aromatic nitrogens is 1. The van der Waals surface area contributed by atoms with Gasteiger partial charge in [0.05, 0.1) is 0 Å². The number of thiazole rings is 1. The monoisotopic (exact) mass is 324 g/mol. The number of nitrogens with zero attached hydrogens (tertiary/aromatic N) is 1. The van der Waals surface area contributed by atoms with Gasteiger partial charge < -0.3 is 5.32 Å². The molecule has 96 valence electrons. The summed E-state index contributed by atoms with van der Waals surface area (Å²) in [5.74, 6) is 0. The van der Waals surface area contributed by atoms with Crippen LogP contribution in [0.2, 0.25) is 0 Å². The third-order valence-corrected chi connectivity index (χ3v) is 4.58. The highest BCUT2D eigenvalue weighted by Crippen LogP contribution is 2.28. The van der Waals surface area contributed by atoms with Crippen LogP contribution in [0.5, 0.6) is 0 Å². The molecule has 1 N–H and O–H groups in total. The minimum atomic E-state index is 0.505. The van der Waals surface area contributed by atoms with Crippen molar-refractivity contribution in [3.05, 3.63) is 39.3 Å². The number of benzene rings is 1. The normalized spacial score (nSPS) is 11.2. The van der Waals surface area contributed by atoms with Gasteiger partial charge in [-0.2, -0.15) is 0 Å². The first kappa shape index (κ1) is 13.7. The van der Waals surface area contributed by atoms with Crippen LogP contribution in [-0.4, -0.2) is 11.0 Å². The molecule has 1 heterocycles. The van der Waals surface area contributed by atoms with E-state index in [0.717, 1.165) is 16.0 Å². The zero-order valence-corrected chi connectivity index (χ0v) is 13.2. The van der Waals surface area contributed by atoms with Gasteiger partial charge in [-0.1, -0.05) is 35.8 Å². The molecular formula is C14H17BrN2S. The lowest BCUT2D eigenvalue weighted by atomic mass is 10.1. The van der Waals surface area contributed by atoms with Crippen LogP contribution < -0.4 is 5.32 Å². The third kappa shape index (κ3) is 3.40. The number of halogens is 1. The summed E-state index contributed by atoms with van der Waals surface area (Å²) < 4.78 is 1.14. The van der Waals surface area contributed by atoms with E-state index in [9.17, 15) is 0 Å². The van der Waals surface area contributed by atoms with Crippen LogP contribution in [0.3, 0.4) is 0 Å². The molecule has 0 saturated carbocycles. The molecule has 2 nitrogen and oxygen atoms in total. The highest BCUT2D eigenvalue weighted by atomic mass is 79.9. The van der Waals surface area contributed by atoms with Crippen molar-refractivity contribution in [3.63, 3.8) is 0 Å². The van der Waals surface area contributed by atoms with Crippen molar-refractivity contribution < 1.29 is 0 Å². The Kier molecular flexibility index (Phi) is 4.54. The van der Waals surface area contributed by atoms with Crippen molar-refractivity contribution in [2.45, 2.75) is 33.4 Å². The molecule has 0 saturated heterocycles. The molecule has 0 aliphatic heterocycles. The van der Waals surface area contributed by atoms with E-state index in [2.05, 4.69) is 65.2 Å². The summed E-state index contributed by atoms with van der Waals surface area (Å²) in [5, 5.41) is 4.50. The standard InChI is InChI=1S/C14H17BrN2S/c1-9(2)16-7-12-8-17-14(18-12)11-4-5-13(15)10(3)6-11/h4-6,8-9,16H,7H2,1-3H3. The van der Waals surface area contributed by atoms with E-state index >= 15 is 0 Å². The molecule has 2 aromatic rings. The lowest BCUT2D eigenvalue weighted by Crippen LogP contribution is -2.21. The van der Waals surface area contributed by atoms with Gasteiger partial charge in [0.25, 0.3) is 0 Å². The van der Waals surface area contributed by atoms with Crippen molar-refractivity contribution in [2.24, 2.45) is 0 Å². The summed E-state index contributed by atoms with van der Waals surface area (Å²) in [6.45, 7) is 7.30. The van der Waals surface area contributed by atoms with Crippen LogP contribution in [0.4, 0.5) is 0 Å². The fourth-order valence-electron chi connectivity index (χ4n) is 1.61. The van der Waals surface area contributed by atoms with Gasteiger partial charge in [-0.15, -0.1) is 11.3 Å². The Labute approximate surface area is 121 Å². The quantitative estimate of drug-likeness (QED) is 0.902. The molecule has 0 unspecified atom stereocenters. The smallest absolute Gasteiger partial charge is 0.123 e. The average Bonchev–Trinajstić information content (AvgIpc) is 2.79. The van der Waals surface area contributed by atoms with E-state index < -0.39 is 0 Å². The van der Waals surface area contributed by atoms with Gasteiger partial charge in [-0.05, 0) is 24.6 Å². The van der Waals surface area contributed by atoms with Gasteiger partial charge >= 0.3 is 0 Å². The summed E-state index contributed by atoms with van der Waals surface area (Å²) in [6.07, 6.45) is 1.97. The van der Waals surface area contributed by atoms with E-state index in [1.54, 1.807) is 11.3 Å². The first-order chi connectivity index (χ1) is 8.56. The Hall–Kier alpha value is -0.710. The maximum absolute atomic E-state index is 4.50. The highest BCUT2D eigenvalue weighted by molar-refractivity contribution is 9.10. The Bertz CT molecular complexity index is 534. The zero-order chi connectivity index (χ0) is 13.1. The van der Waals surface area contributed by atoms with Crippen molar-refractivity contribution >= 4 is 27.3 Å². The Morgan fingerprint density at radius 1 is 1.39 bits per heavy atom. The van der Waals surface area contributed by atoms with Crippen molar-refractivity contribution in [3.8, 4) is 10.6 Å². The van der Waals surface area contributed by atoms with Crippen LogP contribution in [0.15, 0.2) is 28.9 Å². The maximum Gasteiger partial charge on any atom is 0.123 e. The SMILES string of the molecule is Cc1cc(-c2ncc(CNC(C)C)s2)ccc1Br. The molecule has 0 atom stereocenters. The summed E-state index contributed by atoms with van der Waals surface area (Å²) >= 11 is 5.27. The maximum atomic E-state index is 4.50. The second kappa shape index (κ2) is 5.95.